The van der Waals surface area contributed by atoms with Crippen molar-refractivity contribution in [2.75, 3.05) is 0 Å². The first kappa shape index (κ1) is 32.3. The molecule has 0 heterocycles. The lowest BCUT2D eigenvalue weighted by Crippen LogP contribution is -1.91. The molecule has 0 heteroatoms. The molecule has 3 aromatic rings. The molecule has 0 fully saturated rings. The fraction of sp³-hybridized carbons (Fsp3) is 0.400. The quantitative estimate of drug-likeness (QED) is 0.403. The highest BCUT2D eigenvalue weighted by atomic mass is 14.0. The van der Waals surface area contributed by atoms with Crippen molar-refractivity contribution in [2.45, 2.75) is 82.1 Å². The molecule has 0 aliphatic rings. The molecule has 0 aliphatic carbocycles. The lowest BCUT2D eigenvalue weighted by Gasteiger charge is -2.05. The molecule has 3 aromatic carbocycles. The molecule has 0 bridgehead atoms. The normalized spacial score (nSPS) is 7.93. The van der Waals surface area contributed by atoms with Gasteiger partial charge in [0, 0.05) is 0 Å². The number of hydrogen-bond donors (Lipinski definition) is 0. The molecule has 0 unspecified atom stereocenters. The van der Waals surface area contributed by atoms with E-state index in [-0.39, 0.29) is 0 Å². The van der Waals surface area contributed by atoms with Gasteiger partial charge in [-0.2, -0.15) is 0 Å². The van der Waals surface area contributed by atoms with Gasteiger partial charge in [-0.3, -0.25) is 0 Å². The molecule has 0 saturated carbocycles. The zero-order chi connectivity index (χ0) is 23.6. The van der Waals surface area contributed by atoms with Crippen LogP contribution in [0.5, 0.6) is 0 Å². The molecule has 0 aliphatic heterocycles. The van der Waals surface area contributed by atoms with Gasteiger partial charge >= 0.3 is 0 Å². The predicted molar refractivity (Wildman–Crippen MR) is 142 cm³/mol. The van der Waals surface area contributed by atoms with Crippen LogP contribution in [-0.4, -0.2) is 0 Å². The van der Waals surface area contributed by atoms with Crippen molar-refractivity contribution in [1.82, 2.24) is 0 Å². The highest BCUT2D eigenvalue weighted by Crippen LogP contribution is 2.13. The minimum absolute atomic E-state index is 1.01. The third-order valence-corrected chi connectivity index (χ3v) is 3.53. The summed E-state index contributed by atoms with van der Waals surface area (Å²) in [6.07, 6.45) is 2.01. The average molecular weight is 409 g/mol. The Morgan fingerprint density at radius 1 is 0.300 bits per heavy atom. The molecule has 0 spiro atoms. The molecular weight excluding hydrogens is 360 g/mol. The second-order valence-corrected chi connectivity index (χ2v) is 5.14. The third kappa shape index (κ3) is 15.6. The molecule has 0 atom stereocenters. The first-order valence-corrected chi connectivity index (χ1v) is 12.1. The van der Waals surface area contributed by atoms with Crippen molar-refractivity contribution < 1.29 is 0 Å². The Kier molecular flexibility index (Phi) is 28.7. The summed E-state index contributed by atoms with van der Waals surface area (Å²) in [6.45, 7) is 20.0. The van der Waals surface area contributed by atoms with E-state index < -0.39 is 0 Å². The fourth-order valence-corrected chi connectivity index (χ4v) is 2.44. The van der Waals surface area contributed by atoms with Gasteiger partial charge < -0.3 is 0 Å². The van der Waals surface area contributed by atoms with Gasteiger partial charge in [0.05, 0.1) is 0 Å². The molecule has 0 amide bonds. The molecule has 0 radical (unpaired) electrons. The number of rotatable bonds is 4. The summed E-state index contributed by atoms with van der Waals surface area (Å²) < 4.78 is 0. The lowest BCUT2D eigenvalue weighted by atomic mass is 10.0. The van der Waals surface area contributed by atoms with E-state index in [4.69, 9.17) is 0 Å². The van der Waals surface area contributed by atoms with E-state index in [0.29, 0.717) is 0 Å². The van der Waals surface area contributed by atoms with Crippen molar-refractivity contribution in [1.29, 1.82) is 0 Å². The Balaban J connectivity index is -0.000000642. The maximum Gasteiger partial charge on any atom is -0.00258 e. The Hall–Kier alpha value is -2.34. The monoisotopic (exact) mass is 408 g/mol. The van der Waals surface area contributed by atoms with Gasteiger partial charge in [0.25, 0.3) is 0 Å². The average Bonchev–Trinajstić information content (AvgIpc) is 2.88. The molecule has 0 nitrogen and oxygen atoms in total. The van der Waals surface area contributed by atoms with Crippen LogP contribution >= 0.6 is 0 Å². The number of hydrogen-bond acceptors (Lipinski definition) is 0. The van der Waals surface area contributed by atoms with Crippen molar-refractivity contribution in [3.63, 3.8) is 0 Å². The summed E-state index contributed by atoms with van der Waals surface area (Å²) in [5.41, 5.74) is 5.47. The molecular formula is C30H48. The molecule has 168 valence electrons. The smallest absolute Gasteiger partial charge is 0.00258 e. The lowest BCUT2D eigenvalue weighted by molar-refractivity contribution is 1.15. The maximum absolute atomic E-state index is 2.24. The summed E-state index contributed by atoms with van der Waals surface area (Å²) in [4.78, 5) is 0. The van der Waals surface area contributed by atoms with Gasteiger partial charge in [-0.15, -0.1) is 0 Å². The molecule has 30 heavy (non-hydrogen) atoms. The van der Waals surface area contributed by atoms with Gasteiger partial charge in [-0.1, -0.05) is 154 Å². The summed E-state index contributed by atoms with van der Waals surface area (Å²) in [5, 5.41) is 0. The SMILES string of the molecule is CC.CC.CC.CC.CC.c1ccc(Cc2ccc(Cc3ccccc3)cc2)cc1. The van der Waals surface area contributed by atoms with Crippen LogP contribution in [0.2, 0.25) is 0 Å². The van der Waals surface area contributed by atoms with E-state index in [2.05, 4.69) is 84.9 Å². The minimum Gasteiger partial charge on any atom is -0.0683 e. The zero-order valence-corrected chi connectivity index (χ0v) is 21.5. The third-order valence-electron chi connectivity index (χ3n) is 3.53. The first-order valence-electron chi connectivity index (χ1n) is 12.1. The number of benzene rings is 3. The van der Waals surface area contributed by atoms with Gasteiger partial charge in [0.2, 0.25) is 0 Å². The summed E-state index contributed by atoms with van der Waals surface area (Å²) in [7, 11) is 0. The van der Waals surface area contributed by atoms with E-state index >= 15 is 0 Å². The first-order chi connectivity index (χ1) is 14.9. The van der Waals surface area contributed by atoms with E-state index in [9.17, 15) is 0 Å². The second kappa shape index (κ2) is 26.7. The highest BCUT2D eigenvalue weighted by molar-refractivity contribution is 5.31. The fourth-order valence-electron chi connectivity index (χ4n) is 2.44. The van der Waals surface area contributed by atoms with Crippen LogP contribution in [0.3, 0.4) is 0 Å². The van der Waals surface area contributed by atoms with Crippen LogP contribution in [-0.2, 0) is 12.8 Å². The molecule has 0 aromatic heterocycles. The zero-order valence-electron chi connectivity index (χ0n) is 21.5. The van der Waals surface area contributed by atoms with E-state index in [1.807, 2.05) is 69.2 Å². The Morgan fingerprint density at radius 3 is 0.733 bits per heavy atom. The van der Waals surface area contributed by atoms with Crippen LogP contribution < -0.4 is 0 Å². The Bertz CT molecular complexity index is 576. The second-order valence-electron chi connectivity index (χ2n) is 5.14. The predicted octanol–water partition coefficient (Wildman–Crippen LogP) is 10.00. The van der Waals surface area contributed by atoms with Crippen LogP contribution in [0, 0.1) is 0 Å². The topological polar surface area (TPSA) is 0 Å². The molecule has 3 rings (SSSR count). The van der Waals surface area contributed by atoms with Gasteiger partial charge in [-0.05, 0) is 35.1 Å². The Labute approximate surface area is 189 Å². The summed E-state index contributed by atoms with van der Waals surface area (Å²) in [5.74, 6) is 0. The molecule has 0 N–H and O–H groups in total. The Morgan fingerprint density at radius 2 is 0.500 bits per heavy atom. The minimum atomic E-state index is 1.01. The van der Waals surface area contributed by atoms with Gasteiger partial charge in [0.15, 0.2) is 0 Å². The standard InChI is InChI=1S/C20H18.5C2H6/c1-3-7-17(8-4-1)15-19-11-13-20(14-12-19)16-18-9-5-2-6-10-18;5*1-2/h1-14H,15-16H2;5*1-2H3. The maximum atomic E-state index is 2.24. The van der Waals surface area contributed by atoms with E-state index in [1.165, 1.54) is 22.3 Å². The van der Waals surface area contributed by atoms with Crippen molar-refractivity contribution >= 4 is 0 Å². The summed E-state index contributed by atoms with van der Waals surface area (Å²) in [6, 6.07) is 30.2. The highest BCUT2D eigenvalue weighted by Gasteiger charge is 1.98. The van der Waals surface area contributed by atoms with Crippen LogP contribution in [0.1, 0.15) is 91.5 Å². The van der Waals surface area contributed by atoms with Crippen LogP contribution in [0.15, 0.2) is 84.9 Å². The van der Waals surface area contributed by atoms with Crippen LogP contribution in [0.4, 0.5) is 0 Å². The summed E-state index contributed by atoms with van der Waals surface area (Å²) >= 11 is 0. The largest absolute Gasteiger partial charge is 0.0683 e. The van der Waals surface area contributed by atoms with E-state index in [1.54, 1.807) is 0 Å². The molecule has 0 saturated heterocycles. The van der Waals surface area contributed by atoms with Crippen molar-refractivity contribution in [2.24, 2.45) is 0 Å². The van der Waals surface area contributed by atoms with Gasteiger partial charge in [-0.25, -0.2) is 0 Å². The van der Waals surface area contributed by atoms with Crippen LogP contribution in [0.25, 0.3) is 0 Å². The van der Waals surface area contributed by atoms with E-state index in [0.717, 1.165) is 12.8 Å². The van der Waals surface area contributed by atoms with Crippen molar-refractivity contribution in [3.05, 3.63) is 107 Å². The van der Waals surface area contributed by atoms with Crippen molar-refractivity contribution in [3.8, 4) is 0 Å². The van der Waals surface area contributed by atoms with Gasteiger partial charge in [0.1, 0.15) is 0 Å².